The van der Waals surface area contributed by atoms with Crippen molar-refractivity contribution < 1.29 is 19.4 Å². The van der Waals surface area contributed by atoms with Crippen molar-refractivity contribution >= 4 is 5.97 Å². The van der Waals surface area contributed by atoms with Crippen LogP contribution in [0.15, 0.2) is 48.5 Å². The number of fused-ring (bicyclic) bond motifs is 3. The van der Waals surface area contributed by atoms with Gasteiger partial charge in [-0.25, -0.2) is 4.79 Å². The Bertz CT molecular complexity index is 905. The second-order valence-electron chi connectivity index (χ2n) is 9.57. The quantitative estimate of drug-likeness (QED) is 0.501. The van der Waals surface area contributed by atoms with E-state index in [1.165, 1.54) is 31.2 Å². The topological polar surface area (TPSA) is 55.8 Å². The van der Waals surface area contributed by atoms with Gasteiger partial charge in [-0.1, -0.05) is 69.0 Å². The van der Waals surface area contributed by atoms with Gasteiger partial charge in [0, 0.05) is 17.4 Å². The van der Waals surface area contributed by atoms with Crippen molar-refractivity contribution in [3.63, 3.8) is 0 Å². The van der Waals surface area contributed by atoms with E-state index in [2.05, 4.69) is 51.1 Å². The fraction of sp³-hybridized carbons (Fsp3) is 0.519. The molecule has 0 unspecified atom stereocenters. The summed E-state index contributed by atoms with van der Waals surface area (Å²) in [5, 5.41) is 9.41. The standard InChI is InChI=1S/C27H34O4/c1-4-5-6-10-13-23-21(18-11-8-7-9-12-18)17-22-25(30-23)20-15-14-19(26(28)29)16-24(20)31-27(22,2)3/h7-9,11-12,14-16,21-23,25H,4-6,10,13,17H2,1-3H3,(H,28,29)/t21-,22+,23+,25-/m1/s1. The first kappa shape index (κ1) is 21.9. The molecular weight excluding hydrogens is 388 g/mol. The Morgan fingerprint density at radius 1 is 1.10 bits per heavy atom. The molecule has 0 bridgehead atoms. The van der Waals surface area contributed by atoms with Gasteiger partial charge in [-0.2, -0.15) is 0 Å². The highest BCUT2D eigenvalue weighted by molar-refractivity contribution is 5.88. The van der Waals surface area contributed by atoms with Gasteiger partial charge in [0.15, 0.2) is 0 Å². The summed E-state index contributed by atoms with van der Waals surface area (Å²) in [6.07, 6.45) is 7.02. The number of ether oxygens (including phenoxy) is 2. The van der Waals surface area contributed by atoms with E-state index in [1.807, 2.05) is 6.07 Å². The number of carboxylic acids is 1. The fourth-order valence-corrected chi connectivity index (χ4v) is 5.31. The van der Waals surface area contributed by atoms with Gasteiger partial charge < -0.3 is 14.6 Å². The molecule has 0 amide bonds. The van der Waals surface area contributed by atoms with Gasteiger partial charge in [0.25, 0.3) is 0 Å². The molecule has 1 fully saturated rings. The molecule has 4 rings (SSSR count). The lowest BCUT2D eigenvalue weighted by molar-refractivity contribution is -0.160. The van der Waals surface area contributed by atoms with Crippen molar-refractivity contribution in [1.82, 2.24) is 0 Å². The van der Waals surface area contributed by atoms with Gasteiger partial charge >= 0.3 is 5.97 Å². The third-order valence-corrected chi connectivity index (χ3v) is 7.05. The SMILES string of the molecule is CCCCCC[C@@H]1O[C@@H]2c3ccc(C(=O)O)cc3OC(C)(C)[C@H]2C[C@@H]1c1ccccc1. The zero-order valence-electron chi connectivity index (χ0n) is 18.8. The highest BCUT2D eigenvalue weighted by atomic mass is 16.5. The Hall–Kier alpha value is -2.33. The summed E-state index contributed by atoms with van der Waals surface area (Å²) >= 11 is 0. The van der Waals surface area contributed by atoms with Crippen molar-refractivity contribution in [2.45, 2.75) is 83.0 Å². The average Bonchev–Trinajstić information content (AvgIpc) is 2.76. The molecule has 1 saturated heterocycles. The first-order valence-corrected chi connectivity index (χ1v) is 11.7. The fourth-order valence-electron chi connectivity index (χ4n) is 5.31. The summed E-state index contributed by atoms with van der Waals surface area (Å²) in [4.78, 5) is 11.5. The monoisotopic (exact) mass is 422 g/mol. The van der Waals surface area contributed by atoms with Gasteiger partial charge in [0.2, 0.25) is 0 Å². The Morgan fingerprint density at radius 2 is 1.87 bits per heavy atom. The minimum absolute atomic E-state index is 0.0715. The number of benzene rings is 2. The minimum Gasteiger partial charge on any atom is -0.487 e. The van der Waals surface area contributed by atoms with Crippen LogP contribution < -0.4 is 4.74 Å². The van der Waals surface area contributed by atoms with Gasteiger partial charge in [0.05, 0.1) is 17.8 Å². The molecule has 1 N–H and O–H groups in total. The molecule has 2 aromatic carbocycles. The Kier molecular flexibility index (Phi) is 6.38. The average molecular weight is 423 g/mol. The molecule has 4 nitrogen and oxygen atoms in total. The molecule has 4 heteroatoms. The summed E-state index contributed by atoms with van der Waals surface area (Å²) in [6, 6.07) is 15.9. The molecule has 4 atom stereocenters. The van der Waals surface area contributed by atoms with E-state index >= 15 is 0 Å². The van der Waals surface area contributed by atoms with Crippen LogP contribution >= 0.6 is 0 Å². The summed E-state index contributed by atoms with van der Waals surface area (Å²) < 4.78 is 13.2. The van der Waals surface area contributed by atoms with Crippen molar-refractivity contribution in [1.29, 1.82) is 0 Å². The molecule has 2 aliphatic heterocycles. The minimum atomic E-state index is -0.936. The van der Waals surface area contributed by atoms with Crippen molar-refractivity contribution in [3.05, 3.63) is 65.2 Å². The number of hydrogen-bond donors (Lipinski definition) is 1. The van der Waals surface area contributed by atoms with Crippen molar-refractivity contribution in [3.8, 4) is 5.75 Å². The summed E-state index contributed by atoms with van der Waals surface area (Å²) in [5.74, 6) is 0.252. The molecule has 0 aliphatic carbocycles. The van der Waals surface area contributed by atoms with Crippen LogP contribution in [0.3, 0.4) is 0 Å². The van der Waals surface area contributed by atoms with Crippen LogP contribution in [0, 0.1) is 5.92 Å². The lowest BCUT2D eigenvalue weighted by Gasteiger charge is -2.51. The van der Waals surface area contributed by atoms with Crippen LogP contribution in [0.1, 0.15) is 92.8 Å². The first-order valence-electron chi connectivity index (χ1n) is 11.7. The number of hydrogen-bond acceptors (Lipinski definition) is 3. The maximum absolute atomic E-state index is 11.5. The predicted molar refractivity (Wildman–Crippen MR) is 122 cm³/mol. The Labute approximate surface area is 185 Å². The van der Waals surface area contributed by atoms with E-state index in [-0.39, 0.29) is 23.7 Å². The molecular formula is C27H34O4. The van der Waals surface area contributed by atoms with Crippen molar-refractivity contribution in [2.24, 2.45) is 5.92 Å². The number of aromatic carboxylic acids is 1. The molecule has 0 radical (unpaired) electrons. The molecule has 0 aromatic heterocycles. The zero-order valence-corrected chi connectivity index (χ0v) is 18.8. The van der Waals surface area contributed by atoms with Crippen LogP contribution in [0.4, 0.5) is 0 Å². The van der Waals surface area contributed by atoms with Crippen LogP contribution in [-0.2, 0) is 4.74 Å². The highest BCUT2D eigenvalue weighted by Gasteiger charge is 2.50. The smallest absolute Gasteiger partial charge is 0.335 e. The predicted octanol–water partition coefficient (Wildman–Crippen LogP) is 6.76. The third kappa shape index (κ3) is 4.50. The number of unbranched alkanes of at least 4 members (excludes halogenated alkanes) is 3. The molecule has 2 heterocycles. The van der Waals surface area contributed by atoms with Gasteiger partial charge in [-0.15, -0.1) is 0 Å². The Morgan fingerprint density at radius 3 is 2.58 bits per heavy atom. The largest absolute Gasteiger partial charge is 0.487 e. The van der Waals surface area contributed by atoms with Gasteiger partial charge in [0.1, 0.15) is 11.4 Å². The van der Waals surface area contributed by atoms with Crippen LogP contribution in [0.2, 0.25) is 0 Å². The molecule has 2 aromatic rings. The normalized spacial score (nSPS) is 26.4. The third-order valence-electron chi connectivity index (χ3n) is 7.05. The maximum Gasteiger partial charge on any atom is 0.335 e. The lowest BCUT2D eigenvalue weighted by atomic mass is 9.69. The second-order valence-corrected chi connectivity index (χ2v) is 9.57. The van der Waals surface area contributed by atoms with Crippen LogP contribution in [0.5, 0.6) is 5.75 Å². The first-order chi connectivity index (χ1) is 14.9. The molecule has 2 aliphatic rings. The van der Waals surface area contributed by atoms with Gasteiger partial charge in [-0.3, -0.25) is 0 Å². The van der Waals surface area contributed by atoms with E-state index in [9.17, 15) is 9.90 Å². The van der Waals surface area contributed by atoms with E-state index in [0.717, 1.165) is 18.4 Å². The molecule has 0 spiro atoms. The summed E-state index contributed by atoms with van der Waals surface area (Å²) in [5.41, 5.74) is 2.14. The van der Waals surface area contributed by atoms with Crippen LogP contribution in [-0.4, -0.2) is 22.8 Å². The van der Waals surface area contributed by atoms with E-state index in [4.69, 9.17) is 9.47 Å². The summed E-state index contributed by atoms with van der Waals surface area (Å²) in [7, 11) is 0. The number of rotatable bonds is 7. The van der Waals surface area contributed by atoms with E-state index in [0.29, 0.717) is 11.7 Å². The molecule has 31 heavy (non-hydrogen) atoms. The lowest BCUT2D eigenvalue weighted by Crippen LogP contribution is -2.50. The number of carboxylic acid groups (broad SMARTS) is 1. The highest BCUT2D eigenvalue weighted by Crippen LogP contribution is 2.54. The second kappa shape index (κ2) is 9.04. The van der Waals surface area contributed by atoms with Crippen molar-refractivity contribution in [2.75, 3.05) is 0 Å². The number of carbonyl (C=O) groups is 1. The Balaban J connectivity index is 1.66. The summed E-state index contributed by atoms with van der Waals surface area (Å²) in [6.45, 7) is 6.45. The van der Waals surface area contributed by atoms with E-state index in [1.54, 1.807) is 12.1 Å². The van der Waals surface area contributed by atoms with Gasteiger partial charge in [-0.05, 0) is 44.4 Å². The molecule has 0 saturated carbocycles. The maximum atomic E-state index is 11.5. The molecule has 166 valence electrons. The van der Waals surface area contributed by atoms with Crippen LogP contribution in [0.25, 0.3) is 0 Å². The van der Waals surface area contributed by atoms with E-state index < -0.39 is 11.6 Å². The zero-order chi connectivity index (χ0) is 22.0.